The standard InChI is InChI=1S/C16H20F3N5.C5H10.C2H6/c1-5-23(9-8-20-3)15-11(2)24(21-4)14-10-12(16(17,18)19)6-7-13(14)22-15;1-5-3-2-4-5;1-2/h6-7,10,20H,2,4-5,8-9H2,1,3H3;5H,2-4H2,1H3;1-2H3. The van der Waals surface area contributed by atoms with Crippen molar-refractivity contribution in [2.45, 2.75) is 53.1 Å². The van der Waals surface area contributed by atoms with E-state index < -0.39 is 11.7 Å². The molecule has 1 aromatic rings. The first-order chi connectivity index (χ1) is 14.7. The summed E-state index contributed by atoms with van der Waals surface area (Å²) in [6.45, 7) is 17.8. The zero-order valence-electron chi connectivity index (χ0n) is 19.4. The van der Waals surface area contributed by atoms with Crippen LogP contribution in [0, 0.1) is 5.92 Å². The molecule has 0 saturated heterocycles. The molecule has 1 fully saturated rings. The SMILES string of the molecule is C=NN1C(=C)C(N(CC)CCNC)=Nc2ccc(C(F)(F)F)cc21.CC.CC1CCC1. The third-order valence-electron chi connectivity index (χ3n) is 5.12. The Morgan fingerprint density at radius 3 is 2.32 bits per heavy atom. The number of fused-ring (bicyclic) bond motifs is 1. The molecule has 3 rings (SSSR count). The van der Waals surface area contributed by atoms with Crippen molar-refractivity contribution in [3.05, 3.63) is 36.0 Å². The van der Waals surface area contributed by atoms with Crippen LogP contribution in [0.15, 0.2) is 40.6 Å². The van der Waals surface area contributed by atoms with Crippen LogP contribution >= 0.6 is 0 Å². The van der Waals surface area contributed by atoms with Gasteiger partial charge in [-0.25, -0.2) is 10.0 Å². The van der Waals surface area contributed by atoms with Gasteiger partial charge in [0.1, 0.15) is 5.70 Å². The van der Waals surface area contributed by atoms with Crippen LogP contribution in [-0.2, 0) is 6.18 Å². The molecule has 0 atom stereocenters. The van der Waals surface area contributed by atoms with Crippen LogP contribution in [0.4, 0.5) is 24.5 Å². The summed E-state index contributed by atoms with van der Waals surface area (Å²) in [6, 6.07) is 3.37. The van der Waals surface area contributed by atoms with Crippen molar-refractivity contribution in [3.63, 3.8) is 0 Å². The van der Waals surface area contributed by atoms with Gasteiger partial charge < -0.3 is 10.2 Å². The fourth-order valence-corrected chi connectivity index (χ4v) is 3.07. The Hall–Kier alpha value is -2.35. The third-order valence-corrected chi connectivity index (χ3v) is 5.12. The molecule has 174 valence electrons. The van der Waals surface area contributed by atoms with Gasteiger partial charge >= 0.3 is 6.18 Å². The zero-order valence-corrected chi connectivity index (χ0v) is 19.4. The number of nitrogens with one attached hydrogen (secondary N) is 1. The second kappa shape index (κ2) is 12.5. The van der Waals surface area contributed by atoms with E-state index >= 15 is 0 Å². The topological polar surface area (TPSA) is 43.2 Å². The Bertz CT molecular complexity index is 754. The number of amidine groups is 1. The molecule has 1 heterocycles. The molecule has 0 bridgehead atoms. The first kappa shape index (κ1) is 26.7. The summed E-state index contributed by atoms with van der Waals surface area (Å²) in [5.41, 5.74) is 0.262. The van der Waals surface area contributed by atoms with E-state index in [0.29, 0.717) is 30.3 Å². The summed E-state index contributed by atoms with van der Waals surface area (Å²) in [4.78, 5) is 6.47. The molecule has 5 nitrogen and oxygen atoms in total. The number of hydrogen-bond acceptors (Lipinski definition) is 5. The molecular weight excluding hydrogens is 403 g/mol. The average Bonchev–Trinajstić information content (AvgIpc) is 2.74. The first-order valence-electron chi connectivity index (χ1n) is 10.9. The van der Waals surface area contributed by atoms with E-state index in [1.807, 2.05) is 32.7 Å². The maximum absolute atomic E-state index is 12.9. The minimum absolute atomic E-state index is 0.221. The Morgan fingerprint density at radius 1 is 1.29 bits per heavy atom. The van der Waals surface area contributed by atoms with E-state index in [2.05, 4.69) is 35.6 Å². The van der Waals surface area contributed by atoms with Crippen molar-refractivity contribution < 1.29 is 13.2 Å². The Kier molecular flexibility index (Phi) is 10.8. The number of rotatable bonds is 5. The van der Waals surface area contributed by atoms with Crippen LogP contribution < -0.4 is 10.3 Å². The van der Waals surface area contributed by atoms with Gasteiger partial charge in [0.25, 0.3) is 0 Å². The number of anilines is 1. The Morgan fingerprint density at radius 2 is 1.90 bits per heavy atom. The number of hydrogen-bond donors (Lipinski definition) is 1. The number of halogens is 3. The lowest BCUT2D eigenvalue weighted by molar-refractivity contribution is -0.137. The van der Waals surface area contributed by atoms with Crippen molar-refractivity contribution in [1.29, 1.82) is 0 Å². The van der Waals surface area contributed by atoms with Gasteiger partial charge in [0, 0.05) is 26.4 Å². The number of benzene rings is 1. The molecule has 1 aromatic carbocycles. The van der Waals surface area contributed by atoms with E-state index in [0.717, 1.165) is 24.6 Å². The Labute approximate surface area is 184 Å². The quantitative estimate of drug-likeness (QED) is 0.567. The summed E-state index contributed by atoms with van der Waals surface area (Å²) < 4.78 is 38.8. The second-order valence-electron chi connectivity index (χ2n) is 7.26. The minimum Gasteiger partial charge on any atom is -0.354 e. The monoisotopic (exact) mass is 439 g/mol. The van der Waals surface area contributed by atoms with Crippen LogP contribution in [-0.4, -0.2) is 44.1 Å². The molecule has 0 spiro atoms. The molecule has 2 aliphatic rings. The Balaban J connectivity index is 0.000000589. The predicted octanol–water partition coefficient (Wildman–Crippen LogP) is 6.06. The third kappa shape index (κ3) is 7.09. The zero-order chi connectivity index (χ0) is 23.6. The maximum Gasteiger partial charge on any atom is 0.416 e. The first-order valence-corrected chi connectivity index (χ1v) is 10.9. The highest BCUT2D eigenvalue weighted by Gasteiger charge is 2.34. The molecular formula is C23H36F3N5. The van der Waals surface area contributed by atoms with Gasteiger partial charge in [0.15, 0.2) is 5.84 Å². The van der Waals surface area contributed by atoms with Crippen molar-refractivity contribution in [2.24, 2.45) is 16.0 Å². The number of hydrazone groups is 1. The summed E-state index contributed by atoms with van der Waals surface area (Å²) in [5.74, 6) is 1.64. The summed E-state index contributed by atoms with van der Waals surface area (Å²) >= 11 is 0. The summed E-state index contributed by atoms with van der Waals surface area (Å²) in [6.07, 6.45) is 0.0244. The lowest BCUT2D eigenvalue weighted by atomic mass is 9.88. The molecule has 0 unspecified atom stereocenters. The molecule has 0 radical (unpaired) electrons. The molecule has 8 heteroatoms. The number of aliphatic imine (C=N–C) groups is 1. The maximum atomic E-state index is 12.9. The van der Waals surface area contributed by atoms with Crippen molar-refractivity contribution >= 4 is 23.9 Å². The molecule has 0 aromatic heterocycles. The predicted molar refractivity (Wildman–Crippen MR) is 125 cm³/mol. The van der Waals surface area contributed by atoms with Gasteiger partial charge in [-0.2, -0.15) is 18.3 Å². The van der Waals surface area contributed by atoms with Gasteiger partial charge in [-0.05, 0) is 38.1 Å². The average molecular weight is 440 g/mol. The number of nitrogens with zero attached hydrogens (tertiary/aromatic N) is 4. The van der Waals surface area contributed by atoms with E-state index in [9.17, 15) is 13.2 Å². The van der Waals surface area contributed by atoms with Crippen LogP contribution in [0.1, 0.15) is 52.5 Å². The molecule has 0 amide bonds. The van der Waals surface area contributed by atoms with E-state index in [4.69, 9.17) is 0 Å². The number of likely N-dealkylation sites (N-methyl/N-ethyl adjacent to an activating group) is 2. The number of alkyl halides is 3. The van der Waals surface area contributed by atoms with Gasteiger partial charge in [-0.15, -0.1) is 0 Å². The molecule has 31 heavy (non-hydrogen) atoms. The largest absolute Gasteiger partial charge is 0.416 e. The fraction of sp³-hybridized carbons (Fsp3) is 0.565. The molecule has 1 saturated carbocycles. The lowest BCUT2D eigenvalue weighted by Gasteiger charge is -2.34. The van der Waals surface area contributed by atoms with Crippen molar-refractivity contribution in [1.82, 2.24) is 10.2 Å². The van der Waals surface area contributed by atoms with Crippen LogP contribution in [0.3, 0.4) is 0 Å². The smallest absolute Gasteiger partial charge is 0.354 e. The normalized spacial score (nSPS) is 15.4. The van der Waals surface area contributed by atoms with Crippen LogP contribution in [0.5, 0.6) is 0 Å². The summed E-state index contributed by atoms with van der Waals surface area (Å²) in [5, 5.41) is 8.19. The highest BCUT2D eigenvalue weighted by Crippen LogP contribution is 2.41. The van der Waals surface area contributed by atoms with E-state index in [1.165, 1.54) is 30.3 Å². The van der Waals surface area contributed by atoms with Gasteiger partial charge in [-0.1, -0.05) is 46.6 Å². The van der Waals surface area contributed by atoms with Gasteiger partial charge in [-0.3, -0.25) is 0 Å². The molecule has 1 N–H and O–H groups in total. The lowest BCUT2D eigenvalue weighted by Crippen LogP contribution is -2.41. The minimum atomic E-state index is -4.44. The summed E-state index contributed by atoms with van der Waals surface area (Å²) in [7, 11) is 1.84. The highest BCUT2D eigenvalue weighted by atomic mass is 19.4. The van der Waals surface area contributed by atoms with Crippen LogP contribution in [0.25, 0.3) is 0 Å². The van der Waals surface area contributed by atoms with Crippen molar-refractivity contribution in [2.75, 3.05) is 31.7 Å². The van der Waals surface area contributed by atoms with Gasteiger partial charge in [0.2, 0.25) is 0 Å². The van der Waals surface area contributed by atoms with Gasteiger partial charge in [0.05, 0.1) is 16.9 Å². The highest BCUT2D eigenvalue weighted by molar-refractivity contribution is 6.06. The molecule has 1 aliphatic carbocycles. The molecule has 1 aliphatic heterocycles. The van der Waals surface area contributed by atoms with E-state index in [-0.39, 0.29) is 5.69 Å². The van der Waals surface area contributed by atoms with Crippen LogP contribution in [0.2, 0.25) is 0 Å². The van der Waals surface area contributed by atoms with E-state index in [1.54, 1.807) is 0 Å². The second-order valence-corrected chi connectivity index (χ2v) is 7.26. The van der Waals surface area contributed by atoms with Crippen molar-refractivity contribution in [3.8, 4) is 0 Å². The fourth-order valence-electron chi connectivity index (χ4n) is 3.07.